The van der Waals surface area contributed by atoms with Crippen LogP contribution in [0.15, 0.2) is 30.3 Å². The number of benzene rings is 1. The Morgan fingerprint density at radius 3 is 2.83 bits per heavy atom. The Morgan fingerprint density at radius 2 is 2.00 bits per heavy atom. The highest BCUT2D eigenvalue weighted by molar-refractivity contribution is 14.1. The number of halogens is 1. The number of nitrogens with zero attached hydrogens (tertiary/aromatic N) is 1. The monoisotopic (exact) mass is 270 g/mol. The van der Waals surface area contributed by atoms with Gasteiger partial charge in [-0.3, -0.25) is 0 Å². The molecule has 0 aliphatic heterocycles. The van der Waals surface area contributed by atoms with Crippen LogP contribution in [0.25, 0.3) is 10.9 Å². The molecule has 60 valence electrons. The molecule has 0 aliphatic rings. The van der Waals surface area contributed by atoms with Crippen molar-refractivity contribution in [1.82, 2.24) is 4.98 Å². The highest BCUT2D eigenvalue weighted by atomic mass is 127. The number of fused-ring (bicyclic) bond motifs is 1. The van der Waals surface area contributed by atoms with Gasteiger partial charge in [0, 0.05) is 8.96 Å². The second-order valence-corrected chi connectivity index (χ2v) is 3.71. The molecule has 0 amide bonds. The van der Waals surface area contributed by atoms with Gasteiger partial charge in [-0.2, -0.15) is 0 Å². The first-order valence-corrected chi connectivity index (χ1v) is 4.66. The maximum absolute atomic E-state index is 5.61. The molecule has 0 saturated carbocycles. The molecule has 2 rings (SSSR count). The number of anilines is 1. The van der Waals surface area contributed by atoms with Gasteiger partial charge in [-0.05, 0) is 34.7 Å². The highest BCUT2D eigenvalue weighted by Gasteiger charge is 1.99. The zero-order valence-corrected chi connectivity index (χ0v) is 8.45. The van der Waals surface area contributed by atoms with Crippen molar-refractivity contribution in [3.05, 3.63) is 33.9 Å². The summed E-state index contributed by atoms with van der Waals surface area (Å²) in [6, 6.07) is 9.85. The molecule has 0 bridgehead atoms. The first-order valence-electron chi connectivity index (χ1n) is 3.58. The van der Waals surface area contributed by atoms with Crippen LogP contribution in [0.2, 0.25) is 0 Å². The summed E-state index contributed by atoms with van der Waals surface area (Å²) in [5.41, 5.74) is 6.57. The van der Waals surface area contributed by atoms with Crippen molar-refractivity contribution < 1.29 is 0 Å². The topological polar surface area (TPSA) is 38.9 Å². The van der Waals surface area contributed by atoms with Crippen molar-refractivity contribution in [2.45, 2.75) is 0 Å². The quantitative estimate of drug-likeness (QED) is 0.747. The smallest absolute Gasteiger partial charge is 0.125 e. The molecule has 2 nitrogen and oxygen atoms in total. The van der Waals surface area contributed by atoms with Crippen LogP contribution in [0.3, 0.4) is 0 Å². The summed E-state index contributed by atoms with van der Waals surface area (Å²) in [5, 5.41) is 1.16. The van der Waals surface area contributed by atoms with Gasteiger partial charge in [-0.15, -0.1) is 0 Å². The predicted octanol–water partition coefficient (Wildman–Crippen LogP) is 2.42. The van der Waals surface area contributed by atoms with Crippen LogP contribution < -0.4 is 5.73 Å². The molecular weight excluding hydrogens is 263 g/mol. The van der Waals surface area contributed by atoms with Crippen LogP contribution in [0.4, 0.5) is 5.82 Å². The van der Waals surface area contributed by atoms with Gasteiger partial charge in [0.2, 0.25) is 0 Å². The molecular formula is C9H7IN2. The highest BCUT2D eigenvalue weighted by Crippen LogP contribution is 2.20. The van der Waals surface area contributed by atoms with E-state index in [0.29, 0.717) is 5.82 Å². The molecule has 0 radical (unpaired) electrons. The maximum Gasteiger partial charge on any atom is 0.125 e. The van der Waals surface area contributed by atoms with E-state index >= 15 is 0 Å². The van der Waals surface area contributed by atoms with Crippen LogP contribution in [-0.2, 0) is 0 Å². The normalized spacial score (nSPS) is 10.4. The fourth-order valence-corrected chi connectivity index (χ4v) is 1.93. The zero-order valence-electron chi connectivity index (χ0n) is 6.29. The SMILES string of the molecule is Nc1cc(I)c2ccccc2n1. The lowest BCUT2D eigenvalue weighted by atomic mass is 10.2. The molecule has 0 spiro atoms. The number of aromatic nitrogens is 1. The standard InChI is InChI=1S/C9H7IN2/c10-7-5-9(11)12-8-4-2-1-3-6(7)8/h1-5H,(H2,11,12). The van der Waals surface area contributed by atoms with Crippen molar-refractivity contribution in [1.29, 1.82) is 0 Å². The number of rotatable bonds is 0. The van der Waals surface area contributed by atoms with Gasteiger partial charge >= 0.3 is 0 Å². The van der Waals surface area contributed by atoms with Gasteiger partial charge in [0.1, 0.15) is 5.82 Å². The van der Waals surface area contributed by atoms with E-state index in [0.717, 1.165) is 14.5 Å². The summed E-state index contributed by atoms with van der Waals surface area (Å²) in [6.45, 7) is 0. The summed E-state index contributed by atoms with van der Waals surface area (Å²) < 4.78 is 1.15. The van der Waals surface area contributed by atoms with Crippen LogP contribution in [0, 0.1) is 3.57 Å². The summed E-state index contributed by atoms with van der Waals surface area (Å²) in [4.78, 5) is 4.21. The van der Waals surface area contributed by atoms with Gasteiger partial charge < -0.3 is 5.73 Å². The number of para-hydroxylation sites is 1. The number of hydrogen-bond donors (Lipinski definition) is 1. The first-order chi connectivity index (χ1) is 5.77. The van der Waals surface area contributed by atoms with E-state index in [1.165, 1.54) is 0 Å². The second-order valence-electron chi connectivity index (χ2n) is 2.55. The molecule has 12 heavy (non-hydrogen) atoms. The van der Waals surface area contributed by atoms with E-state index in [2.05, 4.69) is 27.6 Å². The summed E-state index contributed by atoms with van der Waals surface area (Å²) in [7, 11) is 0. The molecule has 0 saturated heterocycles. The minimum atomic E-state index is 0.582. The summed E-state index contributed by atoms with van der Waals surface area (Å²) >= 11 is 2.26. The first kappa shape index (κ1) is 7.79. The molecule has 0 aliphatic carbocycles. The molecule has 0 unspecified atom stereocenters. The number of hydrogen-bond acceptors (Lipinski definition) is 2. The van der Waals surface area contributed by atoms with Crippen LogP contribution >= 0.6 is 22.6 Å². The molecule has 2 aromatic rings. The van der Waals surface area contributed by atoms with Crippen molar-refractivity contribution in [3.63, 3.8) is 0 Å². The summed E-state index contributed by atoms with van der Waals surface area (Å²) in [6.07, 6.45) is 0. The minimum Gasteiger partial charge on any atom is -0.384 e. The maximum atomic E-state index is 5.61. The largest absolute Gasteiger partial charge is 0.384 e. The van der Waals surface area contributed by atoms with Gasteiger partial charge in [0.25, 0.3) is 0 Å². The summed E-state index contributed by atoms with van der Waals surface area (Å²) in [5.74, 6) is 0.582. The van der Waals surface area contributed by atoms with Crippen LogP contribution in [0.1, 0.15) is 0 Å². The van der Waals surface area contributed by atoms with Gasteiger partial charge in [-0.25, -0.2) is 4.98 Å². The van der Waals surface area contributed by atoms with Crippen molar-refractivity contribution in [2.24, 2.45) is 0 Å². The van der Waals surface area contributed by atoms with E-state index in [1.807, 2.05) is 30.3 Å². The minimum absolute atomic E-state index is 0.582. The lowest BCUT2D eigenvalue weighted by Gasteiger charge is -2.00. The third-order valence-electron chi connectivity index (χ3n) is 1.69. The lowest BCUT2D eigenvalue weighted by Crippen LogP contribution is -1.91. The van der Waals surface area contributed by atoms with E-state index in [1.54, 1.807) is 0 Å². The Morgan fingerprint density at radius 1 is 1.25 bits per heavy atom. The Hall–Kier alpha value is -0.840. The van der Waals surface area contributed by atoms with E-state index < -0.39 is 0 Å². The lowest BCUT2D eigenvalue weighted by molar-refractivity contribution is 1.40. The molecule has 0 fully saturated rings. The van der Waals surface area contributed by atoms with Crippen molar-refractivity contribution >= 4 is 39.3 Å². The molecule has 2 N–H and O–H groups in total. The number of nitrogens with two attached hydrogens (primary N) is 1. The van der Waals surface area contributed by atoms with E-state index in [9.17, 15) is 0 Å². The fourth-order valence-electron chi connectivity index (χ4n) is 1.15. The Kier molecular flexibility index (Phi) is 1.88. The average Bonchev–Trinajstić information content (AvgIpc) is 2.04. The Bertz CT molecular complexity index is 426. The van der Waals surface area contributed by atoms with Crippen molar-refractivity contribution in [2.75, 3.05) is 5.73 Å². The average molecular weight is 270 g/mol. The number of nitrogen functional groups attached to an aromatic ring is 1. The predicted molar refractivity (Wildman–Crippen MR) is 58.9 cm³/mol. The third kappa shape index (κ3) is 1.24. The molecule has 1 heterocycles. The van der Waals surface area contributed by atoms with E-state index in [-0.39, 0.29) is 0 Å². The molecule has 1 aromatic carbocycles. The van der Waals surface area contributed by atoms with Crippen molar-refractivity contribution in [3.8, 4) is 0 Å². The molecule has 0 atom stereocenters. The Labute approximate surface area is 83.9 Å². The molecule has 1 aromatic heterocycles. The fraction of sp³-hybridized carbons (Fsp3) is 0. The van der Waals surface area contributed by atoms with Gasteiger partial charge in [0.05, 0.1) is 5.52 Å². The Balaban J connectivity index is 2.89. The molecule has 3 heteroatoms. The zero-order chi connectivity index (χ0) is 8.55. The van der Waals surface area contributed by atoms with Crippen LogP contribution in [0.5, 0.6) is 0 Å². The van der Waals surface area contributed by atoms with Crippen LogP contribution in [-0.4, -0.2) is 4.98 Å². The van der Waals surface area contributed by atoms with E-state index in [4.69, 9.17) is 5.73 Å². The number of pyridine rings is 1. The third-order valence-corrected chi connectivity index (χ3v) is 2.58. The van der Waals surface area contributed by atoms with Gasteiger partial charge in [-0.1, -0.05) is 18.2 Å². The second kappa shape index (κ2) is 2.90. The van der Waals surface area contributed by atoms with Gasteiger partial charge in [0.15, 0.2) is 0 Å².